The molecule has 0 aliphatic carbocycles. The average Bonchev–Trinajstić information content (AvgIpc) is 2.08. The lowest BCUT2D eigenvalue weighted by molar-refractivity contribution is -0.258. The second kappa shape index (κ2) is 3.65. The van der Waals surface area contributed by atoms with Gasteiger partial charge in [0.25, 0.3) is 0 Å². The van der Waals surface area contributed by atoms with Crippen LogP contribution in [-0.4, -0.2) is 57.7 Å². The standard InChI is InChI=1S/C6H13NO5/c7-3-4(9)2(1-8)12-6(11)5(3)10/h2-6,8-11H,1,7H2/t2-,3-,4+,5-,6?/m1/s1. The van der Waals surface area contributed by atoms with Gasteiger partial charge in [0.1, 0.15) is 18.3 Å². The van der Waals surface area contributed by atoms with E-state index in [0.29, 0.717) is 0 Å². The number of hydrogen-bond acceptors (Lipinski definition) is 6. The van der Waals surface area contributed by atoms with Gasteiger partial charge in [-0.2, -0.15) is 0 Å². The molecule has 1 saturated heterocycles. The molecule has 0 aromatic heterocycles. The fraction of sp³-hybridized carbons (Fsp3) is 1.00. The topological polar surface area (TPSA) is 116 Å². The lowest BCUT2D eigenvalue weighted by Crippen LogP contribution is -2.62. The van der Waals surface area contributed by atoms with Crippen molar-refractivity contribution in [2.24, 2.45) is 5.73 Å². The molecule has 5 atom stereocenters. The predicted octanol–water partition coefficient (Wildman–Crippen LogP) is -3.25. The van der Waals surface area contributed by atoms with Gasteiger partial charge in [-0.3, -0.25) is 0 Å². The Hall–Kier alpha value is -0.240. The van der Waals surface area contributed by atoms with Gasteiger partial charge in [0.2, 0.25) is 0 Å². The molecule has 0 spiro atoms. The van der Waals surface area contributed by atoms with Crippen molar-refractivity contribution in [3.05, 3.63) is 0 Å². The monoisotopic (exact) mass is 179 g/mol. The summed E-state index contributed by atoms with van der Waals surface area (Å²) in [7, 11) is 0. The van der Waals surface area contributed by atoms with Crippen molar-refractivity contribution in [1.82, 2.24) is 0 Å². The molecule has 0 saturated carbocycles. The minimum Gasteiger partial charge on any atom is -0.394 e. The Kier molecular flexibility index (Phi) is 2.99. The van der Waals surface area contributed by atoms with Gasteiger partial charge in [0.05, 0.1) is 12.6 Å². The quantitative estimate of drug-likeness (QED) is 0.288. The summed E-state index contributed by atoms with van der Waals surface area (Å²) in [6.45, 7) is -0.446. The minimum absolute atomic E-state index is 0.446. The van der Waals surface area contributed by atoms with Crippen molar-refractivity contribution >= 4 is 0 Å². The molecule has 6 heteroatoms. The van der Waals surface area contributed by atoms with Crippen LogP contribution >= 0.6 is 0 Å². The van der Waals surface area contributed by atoms with Crippen molar-refractivity contribution < 1.29 is 25.2 Å². The Bertz CT molecular complexity index is 150. The van der Waals surface area contributed by atoms with Crippen LogP contribution in [0.4, 0.5) is 0 Å². The van der Waals surface area contributed by atoms with Crippen molar-refractivity contribution in [3.63, 3.8) is 0 Å². The first-order valence-corrected chi connectivity index (χ1v) is 3.64. The third-order valence-electron chi connectivity index (χ3n) is 1.96. The highest BCUT2D eigenvalue weighted by Gasteiger charge is 2.41. The number of aliphatic hydroxyl groups is 4. The number of aliphatic hydroxyl groups excluding tert-OH is 4. The predicted molar refractivity (Wildman–Crippen MR) is 38.0 cm³/mol. The second-order valence-electron chi connectivity index (χ2n) is 2.81. The van der Waals surface area contributed by atoms with Crippen LogP contribution < -0.4 is 5.73 Å². The molecular formula is C6H13NO5. The maximum atomic E-state index is 9.24. The van der Waals surface area contributed by atoms with E-state index in [0.717, 1.165) is 0 Å². The Labute approximate surface area is 69.2 Å². The lowest BCUT2D eigenvalue weighted by atomic mass is 9.97. The fourth-order valence-corrected chi connectivity index (χ4v) is 1.13. The molecule has 1 rings (SSSR count). The van der Waals surface area contributed by atoms with E-state index in [1.807, 2.05) is 0 Å². The first-order chi connectivity index (χ1) is 5.57. The van der Waals surface area contributed by atoms with Crippen molar-refractivity contribution in [3.8, 4) is 0 Å². The molecule has 12 heavy (non-hydrogen) atoms. The summed E-state index contributed by atoms with van der Waals surface area (Å²) in [6, 6.07) is -0.995. The normalized spacial score (nSPS) is 49.2. The van der Waals surface area contributed by atoms with Crippen molar-refractivity contribution in [2.75, 3.05) is 6.61 Å². The van der Waals surface area contributed by atoms with Gasteiger partial charge in [-0.1, -0.05) is 0 Å². The summed E-state index contributed by atoms with van der Waals surface area (Å²) in [6.07, 6.45) is -4.85. The van der Waals surface area contributed by atoms with E-state index < -0.39 is 37.3 Å². The number of rotatable bonds is 1. The third kappa shape index (κ3) is 1.58. The van der Waals surface area contributed by atoms with E-state index in [4.69, 9.17) is 21.1 Å². The number of nitrogens with two attached hydrogens (primary N) is 1. The molecule has 1 fully saturated rings. The molecule has 1 unspecified atom stereocenters. The van der Waals surface area contributed by atoms with Gasteiger partial charge in [-0.15, -0.1) is 0 Å². The first kappa shape index (κ1) is 9.85. The van der Waals surface area contributed by atoms with Crippen molar-refractivity contribution in [1.29, 1.82) is 0 Å². The van der Waals surface area contributed by atoms with Gasteiger partial charge >= 0.3 is 0 Å². The van der Waals surface area contributed by atoms with Gasteiger partial charge in [0, 0.05) is 0 Å². The maximum Gasteiger partial charge on any atom is 0.183 e. The molecule has 0 radical (unpaired) electrons. The summed E-state index contributed by atoms with van der Waals surface area (Å²) in [5.41, 5.74) is 5.33. The minimum atomic E-state index is -1.44. The molecule has 0 bridgehead atoms. The van der Waals surface area contributed by atoms with E-state index in [-0.39, 0.29) is 0 Å². The molecule has 1 aliphatic heterocycles. The van der Waals surface area contributed by atoms with Crippen LogP contribution in [0.15, 0.2) is 0 Å². The van der Waals surface area contributed by atoms with Crippen LogP contribution in [0.1, 0.15) is 0 Å². The molecule has 1 aliphatic rings. The highest BCUT2D eigenvalue weighted by molar-refractivity contribution is 4.90. The summed E-state index contributed by atoms with van der Waals surface area (Å²) < 4.78 is 4.66. The largest absolute Gasteiger partial charge is 0.394 e. The zero-order chi connectivity index (χ0) is 9.30. The van der Waals surface area contributed by atoms with Crippen LogP contribution in [0.25, 0.3) is 0 Å². The summed E-state index contributed by atoms with van der Waals surface area (Å²) in [5, 5.41) is 36.0. The van der Waals surface area contributed by atoms with Crippen LogP contribution in [-0.2, 0) is 4.74 Å². The van der Waals surface area contributed by atoms with Gasteiger partial charge in [-0.25, -0.2) is 0 Å². The summed E-state index contributed by atoms with van der Waals surface area (Å²) >= 11 is 0. The molecule has 0 amide bonds. The lowest BCUT2D eigenvalue weighted by Gasteiger charge is -2.38. The number of hydrogen-bond donors (Lipinski definition) is 5. The number of ether oxygens (including phenoxy) is 1. The third-order valence-corrected chi connectivity index (χ3v) is 1.96. The van der Waals surface area contributed by atoms with E-state index >= 15 is 0 Å². The molecule has 6 nitrogen and oxygen atoms in total. The molecule has 72 valence electrons. The van der Waals surface area contributed by atoms with E-state index in [2.05, 4.69) is 4.74 Å². The van der Waals surface area contributed by atoms with Crippen molar-refractivity contribution in [2.45, 2.75) is 30.6 Å². The van der Waals surface area contributed by atoms with Gasteiger partial charge < -0.3 is 30.9 Å². The molecule has 1 heterocycles. The van der Waals surface area contributed by atoms with Crippen LogP contribution in [0, 0.1) is 0 Å². The van der Waals surface area contributed by atoms with Crippen LogP contribution in [0.5, 0.6) is 0 Å². The Balaban J connectivity index is 2.63. The van der Waals surface area contributed by atoms with Gasteiger partial charge in [0.15, 0.2) is 6.29 Å². The van der Waals surface area contributed by atoms with Crippen LogP contribution in [0.2, 0.25) is 0 Å². The summed E-state index contributed by atoms with van der Waals surface area (Å²) in [4.78, 5) is 0. The Morgan fingerprint density at radius 3 is 2.25 bits per heavy atom. The highest BCUT2D eigenvalue weighted by atomic mass is 16.6. The summed E-state index contributed by atoms with van der Waals surface area (Å²) in [5.74, 6) is 0. The zero-order valence-electron chi connectivity index (χ0n) is 6.37. The molecule has 6 N–H and O–H groups in total. The smallest absolute Gasteiger partial charge is 0.183 e. The zero-order valence-corrected chi connectivity index (χ0v) is 6.37. The fourth-order valence-electron chi connectivity index (χ4n) is 1.13. The Morgan fingerprint density at radius 1 is 1.17 bits per heavy atom. The average molecular weight is 179 g/mol. The first-order valence-electron chi connectivity index (χ1n) is 3.64. The second-order valence-corrected chi connectivity index (χ2v) is 2.81. The molecule has 0 aromatic carbocycles. The maximum absolute atomic E-state index is 9.24. The van der Waals surface area contributed by atoms with E-state index in [9.17, 15) is 5.11 Å². The molecular weight excluding hydrogens is 166 g/mol. The highest BCUT2D eigenvalue weighted by Crippen LogP contribution is 2.17. The molecule has 0 aromatic rings. The Morgan fingerprint density at radius 2 is 1.75 bits per heavy atom. The van der Waals surface area contributed by atoms with Gasteiger partial charge in [-0.05, 0) is 0 Å². The van der Waals surface area contributed by atoms with E-state index in [1.165, 1.54) is 0 Å². The SMILES string of the molecule is N[C@@H]1[C@@H](O)[C@@H](CO)OC(O)[C@@H]1O. The van der Waals surface area contributed by atoms with E-state index in [1.54, 1.807) is 0 Å². The van der Waals surface area contributed by atoms with Crippen LogP contribution in [0.3, 0.4) is 0 Å².